The predicted octanol–water partition coefficient (Wildman–Crippen LogP) is 20.2. The van der Waals surface area contributed by atoms with E-state index in [0.29, 0.717) is 25.7 Å². The molecule has 0 aliphatic carbocycles. The molecule has 0 fully saturated rings. The van der Waals surface area contributed by atoms with Crippen LogP contribution < -0.4 is 0 Å². The van der Waals surface area contributed by atoms with Crippen LogP contribution in [-0.4, -0.2) is 37.2 Å². The molecule has 0 radical (unpaired) electrons. The second-order valence-corrected chi connectivity index (χ2v) is 19.1. The number of hydrogen-bond acceptors (Lipinski definition) is 6. The van der Waals surface area contributed by atoms with Crippen molar-refractivity contribution in [2.45, 2.75) is 258 Å². The van der Waals surface area contributed by atoms with Gasteiger partial charge in [0.15, 0.2) is 6.10 Å². The Hall–Kier alpha value is -4.45. The first-order chi connectivity index (χ1) is 36.0. The SMILES string of the molecule is CC/C=C\C/C=C\C/C=C\C/C=C\C/C=C\C/C=C\C/C=C\C/C=C\CCCCC(=O)OCC(COC(=O)CCCCCCCCCCCCC)OC(=O)CCCCCCCCC/C=C\C/C=C\C/C=C\CC. The van der Waals surface area contributed by atoms with Crippen molar-refractivity contribution in [1.82, 2.24) is 0 Å². The highest BCUT2D eigenvalue weighted by atomic mass is 16.6. The molecule has 0 rings (SSSR count). The van der Waals surface area contributed by atoms with Crippen LogP contribution in [0.25, 0.3) is 0 Å². The van der Waals surface area contributed by atoms with Crippen molar-refractivity contribution in [2.75, 3.05) is 13.2 Å². The van der Waals surface area contributed by atoms with Crippen LogP contribution in [0.2, 0.25) is 0 Å². The molecule has 0 aromatic carbocycles. The summed E-state index contributed by atoms with van der Waals surface area (Å²) in [5.41, 5.74) is 0. The van der Waals surface area contributed by atoms with Gasteiger partial charge in [-0.25, -0.2) is 0 Å². The van der Waals surface area contributed by atoms with E-state index in [1.165, 1.54) is 77.0 Å². The van der Waals surface area contributed by atoms with Crippen molar-refractivity contribution < 1.29 is 28.6 Å². The van der Waals surface area contributed by atoms with Gasteiger partial charge in [-0.1, -0.05) is 251 Å². The molecule has 1 unspecified atom stereocenters. The van der Waals surface area contributed by atoms with E-state index in [9.17, 15) is 14.4 Å². The minimum Gasteiger partial charge on any atom is -0.462 e. The normalized spacial score (nSPS) is 13.1. The molecular weight excluding hydrogens is 901 g/mol. The summed E-state index contributed by atoms with van der Waals surface area (Å²) in [6.07, 6.45) is 84.5. The molecule has 6 heteroatoms. The molecule has 6 nitrogen and oxygen atoms in total. The summed E-state index contributed by atoms with van der Waals surface area (Å²) in [5.74, 6) is -0.957. The molecule has 0 spiro atoms. The Morgan fingerprint density at radius 2 is 0.534 bits per heavy atom. The summed E-state index contributed by atoms with van der Waals surface area (Å²) in [7, 11) is 0. The third kappa shape index (κ3) is 58.3. The maximum Gasteiger partial charge on any atom is 0.306 e. The summed E-state index contributed by atoms with van der Waals surface area (Å²) in [6, 6.07) is 0. The Morgan fingerprint density at radius 3 is 0.863 bits per heavy atom. The lowest BCUT2D eigenvalue weighted by molar-refractivity contribution is -0.167. The summed E-state index contributed by atoms with van der Waals surface area (Å²) in [5, 5.41) is 0. The maximum atomic E-state index is 12.9. The smallest absolute Gasteiger partial charge is 0.306 e. The third-order valence-corrected chi connectivity index (χ3v) is 12.2. The number of carbonyl (C=O) groups excluding carboxylic acids is 3. The van der Waals surface area contributed by atoms with Crippen LogP contribution in [-0.2, 0) is 28.6 Å². The van der Waals surface area contributed by atoms with Gasteiger partial charge in [-0.2, -0.15) is 0 Å². The zero-order valence-electron chi connectivity index (χ0n) is 47.1. The maximum absolute atomic E-state index is 12.9. The van der Waals surface area contributed by atoms with Crippen LogP contribution in [0, 0.1) is 0 Å². The first-order valence-electron chi connectivity index (χ1n) is 29.7. The van der Waals surface area contributed by atoms with Gasteiger partial charge < -0.3 is 14.2 Å². The molecule has 0 saturated carbocycles. The van der Waals surface area contributed by atoms with Crippen LogP contribution >= 0.6 is 0 Å². The molecule has 0 heterocycles. The van der Waals surface area contributed by atoms with Crippen molar-refractivity contribution in [1.29, 1.82) is 0 Å². The third-order valence-electron chi connectivity index (χ3n) is 12.2. The molecule has 1 atom stereocenters. The molecule has 73 heavy (non-hydrogen) atoms. The lowest BCUT2D eigenvalue weighted by Gasteiger charge is -2.18. The number of allylic oxidation sites excluding steroid dienone is 22. The van der Waals surface area contributed by atoms with Crippen molar-refractivity contribution in [3.8, 4) is 0 Å². The molecule has 0 aliphatic rings. The molecule has 0 aromatic rings. The summed E-state index contributed by atoms with van der Waals surface area (Å²) in [6.45, 7) is 6.36. The van der Waals surface area contributed by atoms with E-state index >= 15 is 0 Å². The van der Waals surface area contributed by atoms with Crippen LogP contribution in [0.3, 0.4) is 0 Å². The highest BCUT2D eigenvalue weighted by Gasteiger charge is 2.19. The second kappa shape index (κ2) is 60.1. The van der Waals surface area contributed by atoms with E-state index in [-0.39, 0.29) is 31.1 Å². The number of carbonyl (C=O) groups is 3. The summed E-state index contributed by atoms with van der Waals surface area (Å²) < 4.78 is 16.8. The minimum atomic E-state index is -0.805. The molecular formula is C67H108O6. The highest BCUT2D eigenvalue weighted by Crippen LogP contribution is 2.14. The fraction of sp³-hybridized carbons (Fsp3) is 0.627. The average Bonchev–Trinajstić information content (AvgIpc) is 3.39. The van der Waals surface area contributed by atoms with Crippen molar-refractivity contribution in [3.05, 3.63) is 134 Å². The average molecular weight is 1010 g/mol. The van der Waals surface area contributed by atoms with E-state index in [4.69, 9.17) is 14.2 Å². The van der Waals surface area contributed by atoms with Gasteiger partial charge in [0.25, 0.3) is 0 Å². The monoisotopic (exact) mass is 1010 g/mol. The minimum absolute atomic E-state index is 0.0982. The Labute approximate surface area is 449 Å². The van der Waals surface area contributed by atoms with Gasteiger partial charge in [0, 0.05) is 19.3 Å². The van der Waals surface area contributed by atoms with E-state index in [0.717, 1.165) is 128 Å². The Morgan fingerprint density at radius 1 is 0.288 bits per heavy atom. The van der Waals surface area contributed by atoms with E-state index < -0.39 is 6.10 Å². The van der Waals surface area contributed by atoms with Crippen LogP contribution in [0.5, 0.6) is 0 Å². The fourth-order valence-corrected chi connectivity index (χ4v) is 7.77. The topological polar surface area (TPSA) is 78.9 Å². The first-order valence-corrected chi connectivity index (χ1v) is 29.7. The zero-order chi connectivity index (χ0) is 52.9. The van der Waals surface area contributed by atoms with Crippen LogP contribution in [0.4, 0.5) is 0 Å². The van der Waals surface area contributed by atoms with Gasteiger partial charge in [-0.05, 0) is 116 Å². The number of unbranched alkanes of at least 4 members (excludes halogenated alkanes) is 19. The van der Waals surface area contributed by atoms with Gasteiger partial charge in [0.1, 0.15) is 13.2 Å². The van der Waals surface area contributed by atoms with Gasteiger partial charge in [-0.15, -0.1) is 0 Å². The van der Waals surface area contributed by atoms with E-state index in [2.05, 4.69) is 154 Å². The number of esters is 3. The van der Waals surface area contributed by atoms with Gasteiger partial charge in [-0.3, -0.25) is 14.4 Å². The summed E-state index contributed by atoms with van der Waals surface area (Å²) >= 11 is 0. The molecule has 0 N–H and O–H groups in total. The highest BCUT2D eigenvalue weighted by molar-refractivity contribution is 5.71. The molecule has 0 aromatic heterocycles. The van der Waals surface area contributed by atoms with Crippen molar-refractivity contribution in [3.63, 3.8) is 0 Å². The predicted molar refractivity (Wildman–Crippen MR) is 316 cm³/mol. The van der Waals surface area contributed by atoms with Crippen molar-refractivity contribution in [2.24, 2.45) is 0 Å². The zero-order valence-corrected chi connectivity index (χ0v) is 47.1. The molecule has 0 saturated heterocycles. The summed E-state index contributed by atoms with van der Waals surface area (Å²) in [4.78, 5) is 38.1. The number of ether oxygens (including phenoxy) is 3. The Balaban J connectivity index is 4.42. The largest absolute Gasteiger partial charge is 0.462 e. The second-order valence-electron chi connectivity index (χ2n) is 19.1. The van der Waals surface area contributed by atoms with Crippen LogP contribution in [0.15, 0.2) is 134 Å². The number of rotatable bonds is 52. The molecule has 0 bridgehead atoms. The van der Waals surface area contributed by atoms with Gasteiger partial charge in [0.05, 0.1) is 0 Å². The Bertz CT molecular complexity index is 1580. The van der Waals surface area contributed by atoms with E-state index in [1.54, 1.807) is 0 Å². The van der Waals surface area contributed by atoms with Gasteiger partial charge >= 0.3 is 17.9 Å². The first kappa shape index (κ1) is 68.6. The fourth-order valence-electron chi connectivity index (χ4n) is 7.77. The quantitative estimate of drug-likeness (QED) is 0.0261. The lowest BCUT2D eigenvalue weighted by Crippen LogP contribution is -2.30. The molecule has 0 aliphatic heterocycles. The standard InChI is InChI=1S/C67H108O6/c1-4-7-10-13-16-19-22-24-26-28-29-30-31-32-33-34-35-36-37-39-40-42-45-48-51-54-57-60-66(69)72-63-64(62-71-65(68)59-56-53-50-47-44-21-18-15-12-9-6-3)73-67(70)61-58-55-52-49-46-43-41-38-27-25-23-20-17-14-11-8-5-2/h7-8,10-11,16-17,19-20,24-27,29-30,32-33,35-36,39-40,45,48,64H,4-6,9,12-15,18,21-23,28,31,34,37-38,41-44,46-47,49-63H2,1-3H3/b10-7-,11-8-,19-16-,20-17-,26-24-,27-25-,30-29-,33-32-,36-35-,40-39-,48-45-. The number of hydrogen-bond donors (Lipinski definition) is 0. The molecule has 412 valence electrons. The van der Waals surface area contributed by atoms with Crippen molar-refractivity contribution >= 4 is 17.9 Å². The van der Waals surface area contributed by atoms with Crippen LogP contribution in [0.1, 0.15) is 252 Å². The van der Waals surface area contributed by atoms with E-state index in [1.807, 2.05) is 0 Å². The Kier molecular flexibility index (Phi) is 56.4. The molecule has 0 amide bonds. The lowest BCUT2D eigenvalue weighted by atomic mass is 10.1. The van der Waals surface area contributed by atoms with Gasteiger partial charge in [0.2, 0.25) is 0 Å².